The van der Waals surface area contributed by atoms with Crippen LogP contribution in [0.1, 0.15) is 44.9 Å². The molecule has 0 saturated heterocycles. The van der Waals surface area contributed by atoms with E-state index < -0.39 is 16.9 Å². The van der Waals surface area contributed by atoms with Crippen LogP contribution in [0.4, 0.5) is 5.69 Å². The topological polar surface area (TPSA) is 118 Å². The lowest BCUT2D eigenvalue weighted by Crippen LogP contribution is -2.40. The van der Waals surface area contributed by atoms with E-state index in [0.717, 1.165) is 28.1 Å². The fraction of sp³-hybridized carbons (Fsp3) is 0.167. The molecule has 0 aliphatic carbocycles. The molecule has 0 saturated carbocycles. The summed E-state index contributed by atoms with van der Waals surface area (Å²) in [5.74, 6) is 0.00374. The Morgan fingerprint density at radius 3 is 2.23 bits per heavy atom. The van der Waals surface area contributed by atoms with E-state index in [-0.39, 0.29) is 29.5 Å². The van der Waals surface area contributed by atoms with Gasteiger partial charge in [0.1, 0.15) is 11.8 Å². The van der Waals surface area contributed by atoms with Gasteiger partial charge in [0.25, 0.3) is 11.2 Å². The minimum atomic E-state index is -0.847. The molecule has 53 heavy (non-hydrogen) atoms. The van der Waals surface area contributed by atoms with Crippen molar-refractivity contribution in [3.63, 3.8) is 0 Å². The molecule has 1 aliphatic rings. The maximum Gasteiger partial charge on any atom is 0.338 e. The summed E-state index contributed by atoms with van der Waals surface area (Å²) in [7, 11) is 0. The number of para-hydroxylation sites is 1. The number of benzene rings is 4. The van der Waals surface area contributed by atoms with Gasteiger partial charge in [-0.3, -0.25) is 19.5 Å². The van der Waals surface area contributed by atoms with Crippen LogP contribution in [0.5, 0.6) is 5.75 Å². The van der Waals surface area contributed by atoms with Gasteiger partial charge in [-0.2, -0.15) is 0 Å². The molecule has 0 N–H and O–H groups in total. The van der Waals surface area contributed by atoms with E-state index in [9.17, 15) is 19.7 Å². The first-order valence-electron chi connectivity index (χ1n) is 17.2. The molecule has 0 fully saturated rings. The maximum absolute atomic E-state index is 14.7. The third kappa shape index (κ3) is 6.74. The highest BCUT2D eigenvalue weighted by atomic mass is 32.1. The molecule has 1 atom stereocenters. The van der Waals surface area contributed by atoms with Crippen molar-refractivity contribution in [1.82, 2.24) is 9.13 Å². The van der Waals surface area contributed by atoms with Crippen molar-refractivity contribution in [2.45, 2.75) is 39.8 Å². The minimum absolute atomic E-state index is 0.0165. The van der Waals surface area contributed by atoms with E-state index in [1.54, 1.807) is 30.5 Å². The van der Waals surface area contributed by atoms with Gasteiger partial charge in [0.15, 0.2) is 4.80 Å². The predicted octanol–water partition coefficient (Wildman–Crippen LogP) is 7.62. The number of thiazole rings is 1. The molecule has 6 aromatic rings. The van der Waals surface area contributed by atoms with Crippen LogP contribution in [-0.2, 0) is 9.53 Å². The second-order valence-corrected chi connectivity index (χ2v) is 13.7. The van der Waals surface area contributed by atoms with Crippen LogP contribution >= 0.6 is 11.3 Å². The van der Waals surface area contributed by atoms with Crippen molar-refractivity contribution in [1.29, 1.82) is 0 Å². The van der Waals surface area contributed by atoms with Gasteiger partial charge in [0.05, 0.1) is 44.8 Å². The van der Waals surface area contributed by atoms with E-state index in [1.807, 2.05) is 111 Å². The zero-order chi connectivity index (χ0) is 37.2. The summed E-state index contributed by atoms with van der Waals surface area (Å²) in [6.07, 6.45) is 1.70. The summed E-state index contributed by atoms with van der Waals surface area (Å²) < 4.78 is 15.7. The first-order valence-corrected chi connectivity index (χ1v) is 18.0. The minimum Gasteiger partial charge on any atom is -0.491 e. The normalized spacial score (nSPS) is 14.2. The smallest absolute Gasteiger partial charge is 0.338 e. The zero-order valence-electron chi connectivity index (χ0n) is 29.6. The van der Waals surface area contributed by atoms with Gasteiger partial charge in [-0.25, -0.2) is 9.79 Å². The van der Waals surface area contributed by atoms with Crippen LogP contribution in [0.2, 0.25) is 0 Å². The molecule has 1 aliphatic heterocycles. The van der Waals surface area contributed by atoms with Crippen LogP contribution in [0.3, 0.4) is 0 Å². The fourth-order valence-electron chi connectivity index (χ4n) is 6.64. The molecule has 0 amide bonds. The molecule has 7 rings (SSSR count). The standard InChI is InChI=1S/C42H36N4O6S/c1-5-51-41(48)37-27(4)43-42-45(39(37)33-18-12-13-19-35(33)52-26(2)3)40(47)36(53-42)25-30-24-34(28-14-8-6-9-15-28)44(38(30)29-16-10-7-11-17-29)31-20-22-32(23-21-31)46(49)50/h6-26,39H,5H2,1-4H3/b36-25-/t39-/m1/s1. The number of nitro benzene ring substituents is 1. The van der Waals surface area contributed by atoms with Crippen molar-refractivity contribution in [3.8, 4) is 34.0 Å². The maximum atomic E-state index is 14.7. The SMILES string of the molecule is CCOC(=O)C1=C(C)N=c2s/c(=C\c3cc(-c4ccccc4)n(-c4ccc([N+](=O)[O-])cc4)c3-c3ccccc3)c(=O)n2[C@@H]1c1ccccc1OC(C)C. The molecular weight excluding hydrogens is 689 g/mol. The molecule has 0 bridgehead atoms. The second kappa shape index (κ2) is 14.7. The van der Waals surface area contributed by atoms with Crippen LogP contribution in [0.15, 0.2) is 136 Å². The van der Waals surface area contributed by atoms with Crippen molar-refractivity contribution in [3.05, 3.63) is 167 Å². The third-order valence-corrected chi connectivity index (χ3v) is 9.83. The van der Waals surface area contributed by atoms with E-state index in [2.05, 4.69) is 4.57 Å². The Balaban J connectivity index is 1.51. The van der Waals surface area contributed by atoms with E-state index in [1.165, 1.54) is 23.5 Å². The van der Waals surface area contributed by atoms with Crippen molar-refractivity contribution >= 4 is 29.1 Å². The number of ether oxygens (including phenoxy) is 2. The van der Waals surface area contributed by atoms with Gasteiger partial charge in [0.2, 0.25) is 0 Å². The number of allylic oxidation sites excluding steroid dienone is 1. The Bertz CT molecular complexity index is 2550. The van der Waals surface area contributed by atoms with Crippen molar-refractivity contribution < 1.29 is 19.2 Å². The Hall–Kier alpha value is -6.33. The average molecular weight is 725 g/mol. The van der Waals surface area contributed by atoms with Crippen molar-refractivity contribution in [2.75, 3.05) is 6.61 Å². The molecule has 10 nitrogen and oxygen atoms in total. The number of nitrogens with zero attached hydrogens (tertiary/aromatic N) is 4. The summed E-state index contributed by atoms with van der Waals surface area (Å²) in [4.78, 5) is 44.7. The number of nitro groups is 1. The van der Waals surface area contributed by atoms with Crippen LogP contribution < -0.4 is 19.6 Å². The number of non-ortho nitro benzene ring substituents is 1. The van der Waals surface area contributed by atoms with Crippen molar-refractivity contribution in [2.24, 2.45) is 4.99 Å². The van der Waals surface area contributed by atoms with Crippen LogP contribution in [0, 0.1) is 10.1 Å². The number of esters is 1. The molecule has 2 aromatic heterocycles. The molecule has 0 radical (unpaired) electrons. The van der Waals surface area contributed by atoms with Gasteiger partial charge in [-0.15, -0.1) is 0 Å². The third-order valence-electron chi connectivity index (χ3n) is 8.85. The largest absolute Gasteiger partial charge is 0.491 e. The highest BCUT2D eigenvalue weighted by molar-refractivity contribution is 7.07. The summed E-state index contributed by atoms with van der Waals surface area (Å²) in [5.41, 5.74) is 5.92. The number of hydrogen-bond acceptors (Lipinski definition) is 8. The summed E-state index contributed by atoms with van der Waals surface area (Å²) in [6.45, 7) is 7.50. The number of fused-ring (bicyclic) bond motifs is 1. The Labute approximate surface area is 309 Å². The monoisotopic (exact) mass is 724 g/mol. The first kappa shape index (κ1) is 35.1. The Morgan fingerprint density at radius 2 is 1.58 bits per heavy atom. The molecule has 3 heterocycles. The Morgan fingerprint density at radius 1 is 0.943 bits per heavy atom. The average Bonchev–Trinajstić information content (AvgIpc) is 3.68. The number of rotatable bonds is 10. The van der Waals surface area contributed by atoms with E-state index in [4.69, 9.17) is 14.5 Å². The number of hydrogen-bond donors (Lipinski definition) is 0. The first-order chi connectivity index (χ1) is 25.7. The van der Waals surface area contributed by atoms with E-state index in [0.29, 0.717) is 32.0 Å². The van der Waals surface area contributed by atoms with Gasteiger partial charge in [-0.05, 0) is 69.2 Å². The number of aromatic nitrogens is 2. The lowest BCUT2D eigenvalue weighted by molar-refractivity contribution is -0.384. The molecular formula is C42H36N4O6S. The number of carbonyl (C=O) groups is 1. The van der Waals surface area contributed by atoms with Gasteiger partial charge in [-0.1, -0.05) is 90.2 Å². The fourth-order valence-corrected chi connectivity index (χ4v) is 7.68. The highest BCUT2D eigenvalue weighted by Crippen LogP contribution is 2.38. The highest BCUT2D eigenvalue weighted by Gasteiger charge is 2.35. The quantitative estimate of drug-likeness (QED) is 0.0815. The van der Waals surface area contributed by atoms with Gasteiger partial charge in [0, 0.05) is 28.9 Å². The van der Waals surface area contributed by atoms with Gasteiger partial charge >= 0.3 is 5.97 Å². The van der Waals surface area contributed by atoms with Crippen LogP contribution in [-0.4, -0.2) is 32.7 Å². The molecule has 11 heteroatoms. The molecule has 0 unspecified atom stereocenters. The Kier molecular flexibility index (Phi) is 9.75. The summed E-state index contributed by atoms with van der Waals surface area (Å²) >= 11 is 1.24. The number of carbonyl (C=O) groups excluding carboxylic acids is 1. The lowest BCUT2D eigenvalue weighted by atomic mass is 9.95. The van der Waals surface area contributed by atoms with Crippen LogP contribution in [0.25, 0.3) is 34.3 Å². The summed E-state index contributed by atoms with van der Waals surface area (Å²) in [5, 5.41) is 11.6. The zero-order valence-corrected chi connectivity index (χ0v) is 30.4. The van der Waals surface area contributed by atoms with Gasteiger partial charge < -0.3 is 14.0 Å². The summed E-state index contributed by atoms with van der Waals surface area (Å²) in [6, 6.07) is 34.7. The van der Waals surface area contributed by atoms with E-state index >= 15 is 0 Å². The molecule has 0 spiro atoms. The lowest BCUT2D eigenvalue weighted by Gasteiger charge is -2.26. The molecule has 266 valence electrons. The second-order valence-electron chi connectivity index (χ2n) is 12.7. The predicted molar refractivity (Wildman–Crippen MR) is 206 cm³/mol. The molecule has 4 aromatic carbocycles.